The van der Waals surface area contributed by atoms with E-state index in [1.54, 1.807) is 0 Å². The second-order valence-corrected chi connectivity index (χ2v) is 8.87. The van der Waals surface area contributed by atoms with Crippen LogP contribution in [0.25, 0.3) is 0 Å². The molecule has 0 aliphatic rings. The van der Waals surface area contributed by atoms with Gasteiger partial charge in [-0.2, -0.15) is 0 Å². The maximum atomic E-state index is 12.1. The van der Waals surface area contributed by atoms with Gasteiger partial charge in [0.25, 0.3) is 0 Å². The summed E-state index contributed by atoms with van der Waals surface area (Å²) in [5, 5.41) is 8.68. The number of rotatable bonds is 23. The van der Waals surface area contributed by atoms with Crippen molar-refractivity contribution in [2.24, 2.45) is 0 Å². The van der Waals surface area contributed by atoms with Crippen molar-refractivity contribution >= 4 is 11.9 Å². The number of carboxylic acid groups (broad SMARTS) is 1. The molecule has 0 rings (SSSR count). The lowest BCUT2D eigenvalue weighted by atomic mass is 10.0. The van der Waals surface area contributed by atoms with Gasteiger partial charge in [0.1, 0.15) is 6.10 Å². The van der Waals surface area contributed by atoms with Crippen molar-refractivity contribution in [3.63, 3.8) is 0 Å². The van der Waals surface area contributed by atoms with E-state index in [1.807, 2.05) is 0 Å². The minimum Gasteiger partial charge on any atom is -0.481 e. The summed E-state index contributed by atoms with van der Waals surface area (Å²) in [7, 11) is 0. The van der Waals surface area contributed by atoms with Crippen molar-refractivity contribution in [2.75, 3.05) is 0 Å². The molecule has 0 spiro atoms. The Kier molecular flexibility index (Phi) is 22.4. The number of carbonyl (C=O) groups is 2. The fraction of sp³-hybridized carbons (Fsp3) is 0.852. The topological polar surface area (TPSA) is 63.6 Å². The molecule has 0 aromatic rings. The first-order chi connectivity index (χ1) is 15.1. The van der Waals surface area contributed by atoms with Crippen LogP contribution in [0.3, 0.4) is 0 Å². The maximum Gasteiger partial charge on any atom is 0.306 e. The van der Waals surface area contributed by atoms with E-state index in [-0.39, 0.29) is 18.5 Å². The summed E-state index contributed by atoms with van der Waals surface area (Å²) >= 11 is 0. The molecule has 1 N–H and O–H groups in total. The lowest BCUT2D eigenvalue weighted by molar-refractivity contribution is -0.150. The Morgan fingerprint density at radius 1 is 0.677 bits per heavy atom. The van der Waals surface area contributed by atoms with Crippen LogP contribution in [-0.4, -0.2) is 23.1 Å². The van der Waals surface area contributed by atoms with Gasteiger partial charge in [-0.15, -0.1) is 0 Å². The van der Waals surface area contributed by atoms with E-state index in [4.69, 9.17) is 9.84 Å². The Labute approximate surface area is 192 Å². The fourth-order valence-electron chi connectivity index (χ4n) is 3.75. The molecular formula is C27H50O4. The number of ether oxygens (including phenoxy) is 1. The highest BCUT2D eigenvalue weighted by molar-refractivity contribution is 5.69. The van der Waals surface area contributed by atoms with Crippen LogP contribution < -0.4 is 0 Å². The smallest absolute Gasteiger partial charge is 0.306 e. The number of allylic oxidation sites excluding steroid dienone is 2. The average molecular weight is 439 g/mol. The van der Waals surface area contributed by atoms with Crippen molar-refractivity contribution in [3.05, 3.63) is 12.2 Å². The van der Waals surface area contributed by atoms with Crippen LogP contribution >= 0.6 is 0 Å². The van der Waals surface area contributed by atoms with Crippen molar-refractivity contribution in [2.45, 2.75) is 148 Å². The molecule has 0 bridgehead atoms. The third kappa shape index (κ3) is 23.2. The summed E-state index contributed by atoms with van der Waals surface area (Å²) < 4.78 is 5.76. The van der Waals surface area contributed by atoms with E-state index >= 15 is 0 Å². The lowest BCUT2D eigenvalue weighted by Crippen LogP contribution is -2.18. The van der Waals surface area contributed by atoms with Crippen molar-refractivity contribution in [1.29, 1.82) is 0 Å². The summed E-state index contributed by atoms with van der Waals surface area (Å²) in [6, 6.07) is 0. The van der Waals surface area contributed by atoms with Crippen LogP contribution in [0.1, 0.15) is 142 Å². The Morgan fingerprint density at radius 2 is 1.23 bits per heavy atom. The van der Waals surface area contributed by atoms with Crippen molar-refractivity contribution < 1.29 is 19.4 Å². The number of hydrogen-bond donors (Lipinski definition) is 1. The first kappa shape index (κ1) is 29.7. The summed E-state index contributed by atoms with van der Waals surface area (Å²) in [6.45, 7) is 4.34. The van der Waals surface area contributed by atoms with Gasteiger partial charge >= 0.3 is 11.9 Å². The van der Waals surface area contributed by atoms with E-state index in [0.29, 0.717) is 6.42 Å². The molecule has 1 atom stereocenters. The molecule has 0 aromatic carbocycles. The van der Waals surface area contributed by atoms with Crippen LogP contribution in [0.15, 0.2) is 12.2 Å². The van der Waals surface area contributed by atoms with Crippen LogP contribution in [0.4, 0.5) is 0 Å². The highest BCUT2D eigenvalue weighted by atomic mass is 16.5. The SMILES string of the molecule is CCCCCCCC/C=C\CCCC(CCCCCCCC(=O)O)OC(=O)CCCC. The third-order valence-corrected chi connectivity index (χ3v) is 5.74. The standard InChI is InChI=1S/C27H50O4/c1-3-5-7-8-9-10-11-12-13-15-18-21-25(31-27(30)24-6-4-2)22-19-16-14-17-20-23-26(28)29/h12-13,25H,3-11,14-24H2,1-2H3,(H,28,29)/b13-12-. The van der Waals surface area contributed by atoms with Crippen LogP contribution in [0.2, 0.25) is 0 Å². The Hall–Kier alpha value is -1.32. The zero-order valence-electron chi connectivity index (χ0n) is 20.5. The minimum absolute atomic E-state index is 0.0374. The van der Waals surface area contributed by atoms with Crippen LogP contribution in [-0.2, 0) is 14.3 Å². The normalized spacial score (nSPS) is 12.3. The molecule has 0 aromatic heterocycles. The van der Waals surface area contributed by atoms with Gasteiger partial charge in [0, 0.05) is 12.8 Å². The van der Waals surface area contributed by atoms with E-state index in [0.717, 1.165) is 70.6 Å². The minimum atomic E-state index is -0.708. The summed E-state index contributed by atoms with van der Waals surface area (Å²) in [4.78, 5) is 22.6. The number of carboxylic acids is 1. The Bertz CT molecular complexity index is 445. The zero-order valence-corrected chi connectivity index (χ0v) is 20.5. The molecule has 4 heteroatoms. The van der Waals surface area contributed by atoms with Gasteiger partial charge in [-0.25, -0.2) is 0 Å². The lowest BCUT2D eigenvalue weighted by Gasteiger charge is -2.18. The number of unbranched alkanes of at least 4 members (excludes halogenated alkanes) is 12. The molecule has 0 aliphatic heterocycles. The van der Waals surface area contributed by atoms with Crippen LogP contribution in [0, 0.1) is 0 Å². The quantitative estimate of drug-likeness (QED) is 0.0988. The van der Waals surface area contributed by atoms with Gasteiger partial charge in [-0.05, 0) is 57.8 Å². The molecule has 0 heterocycles. The second-order valence-electron chi connectivity index (χ2n) is 8.87. The molecule has 0 fully saturated rings. The summed E-state index contributed by atoms with van der Waals surface area (Å²) in [5.74, 6) is -0.757. The van der Waals surface area contributed by atoms with Crippen molar-refractivity contribution in [1.82, 2.24) is 0 Å². The monoisotopic (exact) mass is 438 g/mol. The molecule has 0 amide bonds. The van der Waals surface area contributed by atoms with Gasteiger partial charge in [0.15, 0.2) is 0 Å². The second kappa shape index (κ2) is 23.3. The van der Waals surface area contributed by atoms with Crippen molar-refractivity contribution in [3.8, 4) is 0 Å². The number of esters is 1. The van der Waals surface area contributed by atoms with Gasteiger partial charge in [-0.1, -0.05) is 83.8 Å². The zero-order chi connectivity index (χ0) is 23.0. The summed E-state index contributed by atoms with van der Waals surface area (Å²) in [5.41, 5.74) is 0. The van der Waals surface area contributed by atoms with Gasteiger partial charge in [0.2, 0.25) is 0 Å². The highest BCUT2D eigenvalue weighted by Crippen LogP contribution is 2.17. The van der Waals surface area contributed by atoms with E-state index in [9.17, 15) is 9.59 Å². The van der Waals surface area contributed by atoms with Gasteiger partial charge < -0.3 is 9.84 Å². The molecule has 4 nitrogen and oxygen atoms in total. The Morgan fingerprint density at radius 3 is 1.90 bits per heavy atom. The predicted molar refractivity (Wildman–Crippen MR) is 130 cm³/mol. The van der Waals surface area contributed by atoms with Gasteiger partial charge in [-0.3, -0.25) is 9.59 Å². The largest absolute Gasteiger partial charge is 0.481 e. The van der Waals surface area contributed by atoms with E-state index in [2.05, 4.69) is 26.0 Å². The highest BCUT2D eigenvalue weighted by Gasteiger charge is 2.13. The molecule has 0 saturated carbocycles. The first-order valence-corrected chi connectivity index (χ1v) is 13.2. The number of carbonyl (C=O) groups excluding carboxylic acids is 1. The molecule has 0 radical (unpaired) electrons. The van der Waals surface area contributed by atoms with E-state index in [1.165, 1.54) is 44.9 Å². The average Bonchev–Trinajstić information content (AvgIpc) is 2.74. The van der Waals surface area contributed by atoms with Gasteiger partial charge in [0.05, 0.1) is 0 Å². The Balaban J connectivity index is 3.98. The van der Waals surface area contributed by atoms with E-state index < -0.39 is 5.97 Å². The molecule has 31 heavy (non-hydrogen) atoms. The number of hydrogen-bond acceptors (Lipinski definition) is 3. The summed E-state index contributed by atoms with van der Waals surface area (Å²) in [6.07, 6.45) is 25.5. The molecule has 0 aliphatic carbocycles. The molecular weight excluding hydrogens is 388 g/mol. The first-order valence-electron chi connectivity index (χ1n) is 13.2. The maximum absolute atomic E-state index is 12.1. The number of aliphatic carboxylic acids is 1. The molecule has 0 saturated heterocycles. The molecule has 182 valence electrons. The third-order valence-electron chi connectivity index (χ3n) is 5.74. The van der Waals surface area contributed by atoms with Crippen LogP contribution in [0.5, 0.6) is 0 Å². The molecule has 1 unspecified atom stereocenters. The predicted octanol–water partition coefficient (Wildman–Crippen LogP) is 8.38. The fourth-order valence-corrected chi connectivity index (χ4v) is 3.75.